The predicted molar refractivity (Wildman–Crippen MR) is 68.9 cm³/mol. The van der Waals surface area contributed by atoms with E-state index in [4.69, 9.17) is 9.47 Å². The van der Waals surface area contributed by atoms with Crippen LogP contribution in [0.3, 0.4) is 0 Å². The van der Waals surface area contributed by atoms with Crippen molar-refractivity contribution in [2.45, 2.75) is 59.1 Å². The minimum atomic E-state index is -0.0562. The van der Waals surface area contributed by atoms with E-state index >= 15 is 0 Å². The molecule has 16 heavy (non-hydrogen) atoms. The van der Waals surface area contributed by atoms with E-state index in [1.165, 1.54) is 6.42 Å². The second-order valence-corrected chi connectivity index (χ2v) is 5.22. The second-order valence-electron chi connectivity index (χ2n) is 5.22. The third kappa shape index (κ3) is 12.0. The summed E-state index contributed by atoms with van der Waals surface area (Å²) in [7, 11) is 0. The van der Waals surface area contributed by atoms with Crippen LogP contribution in [0.25, 0.3) is 0 Å². The summed E-state index contributed by atoms with van der Waals surface area (Å²) in [6, 6.07) is 0.545. The second kappa shape index (κ2) is 8.97. The van der Waals surface area contributed by atoms with Crippen LogP contribution in [-0.4, -0.2) is 38.0 Å². The summed E-state index contributed by atoms with van der Waals surface area (Å²) in [6.45, 7) is 13.8. The highest BCUT2D eigenvalue weighted by atomic mass is 16.5. The first-order valence-corrected chi connectivity index (χ1v) is 6.41. The summed E-state index contributed by atoms with van der Waals surface area (Å²) in [5.41, 5.74) is -0.0562. The van der Waals surface area contributed by atoms with Gasteiger partial charge < -0.3 is 14.8 Å². The van der Waals surface area contributed by atoms with Gasteiger partial charge in [-0.1, -0.05) is 6.92 Å². The minimum Gasteiger partial charge on any atom is -0.379 e. The average Bonchev–Trinajstić information content (AvgIpc) is 2.18. The van der Waals surface area contributed by atoms with Crippen molar-refractivity contribution < 1.29 is 9.47 Å². The van der Waals surface area contributed by atoms with Gasteiger partial charge >= 0.3 is 0 Å². The Morgan fingerprint density at radius 3 is 2.38 bits per heavy atom. The highest BCUT2D eigenvalue weighted by Crippen LogP contribution is 2.05. The van der Waals surface area contributed by atoms with Gasteiger partial charge in [-0.05, 0) is 47.1 Å². The van der Waals surface area contributed by atoms with Crippen molar-refractivity contribution in [3.05, 3.63) is 0 Å². The van der Waals surface area contributed by atoms with Crippen molar-refractivity contribution in [1.82, 2.24) is 5.32 Å². The number of ether oxygens (including phenoxy) is 2. The summed E-state index contributed by atoms with van der Waals surface area (Å²) in [5.74, 6) is 0. The van der Waals surface area contributed by atoms with Gasteiger partial charge in [0.15, 0.2) is 0 Å². The number of nitrogens with one attached hydrogen (secondary N) is 1. The predicted octanol–water partition coefficient (Wildman–Crippen LogP) is 2.60. The lowest BCUT2D eigenvalue weighted by molar-refractivity contribution is -0.0355. The molecule has 0 saturated heterocycles. The summed E-state index contributed by atoms with van der Waals surface area (Å²) in [4.78, 5) is 0. The van der Waals surface area contributed by atoms with Crippen LogP contribution in [-0.2, 0) is 9.47 Å². The normalized spacial score (nSPS) is 14.1. The maximum absolute atomic E-state index is 5.56. The Labute approximate surface area is 101 Å². The van der Waals surface area contributed by atoms with Gasteiger partial charge in [0.05, 0.1) is 18.8 Å². The lowest BCUT2D eigenvalue weighted by Crippen LogP contribution is -2.28. The largest absolute Gasteiger partial charge is 0.379 e. The van der Waals surface area contributed by atoms with Crippen molar-refractivity contribution in [3.8, 4) is 0 Å². The quantitative estimate of drug-likeness (QED) is 0.619. The summed E-state index contributed by atoms with van der Waals surface area (Å²) >= 11 is 0. The van der Waals surface area contributed by atoms with Crippen LogP contribution < -0.4 is 5.32 Å². The van der Waals surface area contributed by atoms with Crippen LogP contribution in [0.5, 0.6) is 0 Å². The van der Waals surface area contributed by atoms with E-state index in [-0.39, 0.29) is 5.60 Å². The molecule has 0 radical (unpaired) electrons. The van der Waals surface area contributed by atoms with E-state index in [0.29, 0.717) is 19.3 Å². The fourth-order valence-corrected chi connectivity index (χ4v) is 1.26. The van der Waals surface area contributed by atoms with Gasteiger partial charge in [0.1, 0.15) is 0 Å². The molecule has 0 fully saturated rings. The molecule has 0 bridgehead atoms. The van der Waals surface area contributed by atoms with Crippen molar-refractivity contribution >= 4 is 0 Å². The SMILES string of the molecule is CCCNC(C)CCOCCOC(C)(C)C. The monoisotopic (exact) mass is 231 g/mol. The highest BCUT2D eigenvalue weighted by molar-refractivity contribution is 4.60. The molecular formula is C13H29NO2. The first-order chi connectivity index (χ1) is 7.45. The Kier molecular flexibility index (Phi) is 8.90. The van der Waals surface area contributed by atoms with Crippen LogP contribution >= 0.6 is 0 Å². The zero-order valence-electron chi connectivity index (χ0n) is 11.6. The van der Waals surface area contributed by atoms with Crippen LogP contribution in [0.4, 0.5) is 0 Å². The van der Waals surface area contributed by atoms with Gasteiger partial charge in [-0.2, -0.15) is 0 Å². The molecule has 1 unspecified atom stereocenters. The summed E-state index contributed by atoms with van der Waals surface area (Å²) in [6.07, 6.45) is 2.25. The maximum Gasteiger partial charge on any atom is 0.0707 e. The standard InChI is InChI=1S/C13H29NO2/c1-6-8-14-12(2)7-9-15-10-11-16-13(3,4)5/h12,14H,6-11H2,1-5H3. The Morgan fingerprint density at radius 2 is 1.81 bits per heavy atom. The molecule has 0 aromatic carbocycles. The molecule has 0 aliphatic carbocycles. The zero-order chi connectivity index (χ0) is 12.4. The summed E-state index contributed by atoms with van der Waals surface area (Å²) in [5, 5.41) is 3.44. The maximum atomic E-state index is 5.56. The third-order valence-corrected chi connectivity index (χ3v) is 2.20. The molecule has 0 saturated carbocycles. The summed E-state index contributed by atoms with van der Waals surface area (Å²) < 4.78 is 11.1. The van der Waals surface area contributed by atoms with Gasteiger partial charge in [0, 0.05) is 12.6 Å². The van der Waals surface area contributed by atoms with Gasteiger partial charge in [0.2, 0.25) is 0 Å². The van der Waals surface area contributed by atoms with Crippen LogP contribution in [0.2, 0.25) is 0 Å². The fraction of sp³-hybridized carbons (Fsp3) is 1.00. The number of rotatable bonds is 9. The molecule has 3 heteroatoms. The molecule has 0 rings (SSSR count). The lowest BCUT2D eigenvalue weighted by Gasteiger charge is -2.19. The van der Waals surface area contributed by atoms with E-state index in [2.05, 4.69) is 39.9 Å². The Morgan fingerprint density at radius 1 is 1.12 bits per heavy atom. The van der Waals surface area contributed by atoms with Crippen LogP contribution in [0.15, 0.2) is 0 Å². The fourth-order valence-electron chi connectivity index (χ4n) is 1.26. The van der Waals surface area contributed by atoms with Crippen molar-refractivity contribution in [2.75, 3.05) is 26.4 Å². The van der Waals surface area contributed by atoms with Crippen molar-refractivity contribution in [3.63, 3.8) is 0 Å². The van der Waals surface area contributed by atoms with E-state index in [0.717, 1.165) is 19.6 Å². The van der Waals surface area contributed by atoms with Gasteiger partial charge in [-0.15, -0.1) is 0 Å². The van der Waals surface area contributed by atoms with Crippen LogP contribution in [0, 0.1) is 0 Å². The van der Waals surface area contributed by atoms with Gasteiger partial charge in [-0.3, -0.25) is 0 Å². The lowest BCUT2D eigenvalue weighted by atomic mass is 10.2. The molecule has 0 spiro atoms. The third-order valence-electron chi connectivity index (χ3n) is 2.20. The first-order valence-electron chi connectivity index (χ1n) is 6.41. The van der Waals surface area contributed by atoms with E-state index < -0.39 is 0 Å². The van der Waals surface area contributed by atoms with E-state index in [1.807, 2.05) is 0 Å². The molecular weight excluding hydrogens is 202 g/mol. The van der Waals surface area contributed by atoms with Gasteiger partial charge in [0.25, 0.3) is 0 Å². The smallest absolute Gasteiger partial charge is 0.0707 e. The first kappa shape index (κ1) is 15.9. The van der Waals surface area contributed by atoms with E-state index in [1.54, 1.807) is 0 Å². The molecule has 0 aromatic heterocycles. The Bertz CT molecular complexity index is 155. The molecule has 3 nitrogen and oxygen atoms in total. The molecule has 0 amide bonds. The van der Waals surface area contributed by atoms with Gasteiger partial charge in [-0.25, -0.2) is 0 Å². The molecule has 1 atom stereocenters. The average molecular weight is 231 g/mol. The van der Waals surface area contributed by atoms with Crippen molar-refractivity contribution in [2.24, 2.45) is 0 Å². The molecule has 1 N–H and O–H groups in total. The Balaban J connectivity index is 3.20. The minimum absolute atomic E-state index is 0.0562. The number of hydrogen-bond acceptors (Lipinski definition) is 3. The zero-order valence-corrected chi connectivity index (χ0v) is 11.6. The molecule has 0 aromatic rings. The highest BCUT2D eigenvalue weighted by Gasteiger charge is 2.08. The van der Waals surface area contributed by atoms with Crippen molar-refractivity contribution in [1.29, 1.82) is 0 Å². The molecule has 0 aliphatic heterocycles. The molecule has 0 heterocycles. The number of hydrogen-bond donors (Lipinski definition) is 1. The topological polar surface area (TPSA) is 30.5 Å². The van der Waals surface area contributed by atoms with E-state index in [9.17, 15) is 0 Å². The Hall–Kier alpha value is -0.120. The molecule has 0 aliphatic rings. The van der Waals surface area contributed by atoms with Crippen LogP contribution in [0.1, 0.15) is 47.5 Å². The molecule has 98 valence electrons.